The van der Waals surface area contributed by atoms with Gasteiger partial charge in [-0.05, 0) is 6.92 Å². The van der Waals surface area contributed by atoms with Crippen molar-refractivity contribution in [3.05, 3.63) is 0 Å². The van der Waals surface area contributed by atoms with Gasteiger partial charge in [0.15, 0.2) is 0 Å². The monoisotopic (exact) mass is 200 g/mol. The second kappa shape index (κ2) is 5.44. The second-order valence-corrected chi connectivity index (χ2v) is 3.38. The molecule has 0 aromatic carbocycles. The average Bonchev–Trinajstić information content (AvgIpc) is 1.98. The number of hydrogen-bond acceptors (Lipinski definition) is 6. The smallest absolute Gasteiger partial charge is 0.394 e. The summed E-state index contributed by atoms with van der Waals surface area (Å²) in [4.78, 5) is 0. The van der Waals surface area contributed by atoms with Crippen molar-refractivity contribution in [3.8, 4) is 0 Å². The largest absolute Gasteiger partial charge is 0.400 e. The number of hydrogen-bond donors (Lipinski definition) is 2. The fraction of sp³-hybridized carbons (Fsp3) is 1.00. The Morgan fingerprint density at radius 1 is 1.42 bits per heavy atom. The van der Waals surface area contributed by atoms with Gasteiger partial charge >= 0.3 is 10.4 Å². The summed E-state index contributed by atoms with van der Waals surface area (Å²) in [5.74, 6) is 0. The molecule has 74 valence electrons. The van der Waals surface area contributed by atoms with E-state index in [0.29, 0.717) is 0 Å². The number of rotatable bonds is 6. The van der Waals surface area contributed by atoms with Crippen molar-refractivity contribution in [1.82, 2.24) is 0 Å². The first-order valence-corrected chi connectivity index (χ1v) is 4.64. The predicted octanol–water partition coefficient (Wildman–Crippen LogP) is -1.36. The van der Waals surface area contributed by atoms with Gasteiger partial charge in [0, 0.05) is 0 Å². The Morgan fingerprint density at radius 2 is 2.00 bits per heavy atom. The van der Waals surface area contributed by atoms with Gasteiger partial charge in [0.25, 0.3) is 0 Å². The summed E-state index contributed by atoms with van der Waals surface area (Å²) in [5.41, 5.74) is 0. The Kier molecular flexibility index (Phi) is 5.34. The molecule has 0 aromatic heterocycles. The lowest BCUT2D eigenvalue weighted by Crippen LogP contribution is -2.18. The summed E-state index contributed by atoms with van der Waals surface area (Å²) < 4.78 is 29.6. The Balaban J connectivity index is 3.73. The van der Waals surface area contributed by atoms with E-state index < -0.39 is 23.1 Å². The first-order chi connectivity index (χ1) is 5.48. The van der Waals surface area contributed by atoms with E-state index in [0.717, 1.165) is 0 Å². The van der Waals surface area contributed by atoms with E-state index in [1.807, 2.05) is 0 Å². The molecule has 0 heterocycles. The molecule has 0 amide bonds. The van der Waals surface area contributed by atoms with Gasteiger partial charge in [-0.1, -0.05) is 0 Å². The van der Waals surface area contributed by atoms with Crippen LogP contribution in [0.1, 0.15) is 6.92 Å². The van der Waals surface area contributed by atoms with Crippen molar-refractivity contribution in [2.45, 2.75) is 13.0 Å². The molecule has 0 aromatic rings. The van der Waals surface area contributed by atoms with Crippen LogP contribution in [0.5, 0.6) is 0 Å². The molecular weight excluding hydrogens is 188 g/mol. The van der Waals surface area contributed by atoms with Crippen LogP contribution >= 0.6 is 0 Å². The standard InChI is InChI=1S/C5H12O6S/c1-5(7)4-11-12(8,9)10-3-2-6/h5-7H,2-4H2,1H3. The first-order valence-electron chi connectivity index (χ1n) is 3.30. The molecule has 0 aliphatic heterocycles. The fourth-order valence-corrected chi connectivity index (χ4v) is 1.07. The highest BCUT2D eigenvalue weighted by Crippen LogP contribution is 1.96. The summed E-state index contributed by atoms with van der Waals surface area (Å²) in [6.07, 6.45) is -0.877. The number of aliphatic hydroxyl groups is 2. The molecule has 2 N–H and O–H groups in total. The van der Waals surface area contributed by atoms with Crippen molar-refractivity contribution < 1.29 is 27.0 Å². The normalized spacial score (nSPS) is 14.6. The third-order valence-corrected chi connectivity index (χ3v) is 1.65. The van der Waals surface area contributed by atoms with Crippen molar-refractivity contribution in [3.63, 3.8) is 0 Å². The second-order valence-electron chi connectivity index (χ2n) is 2.09. The molecule has 1 unspecified atom stereocenters. The van der Waals surface area contributed by atoms with Gasteiger partial charge in [-0.2, -0.15) is 8.42 Å². The zero-order valence-corrected chi connectivity index (χ0v) is 7.45. The molecule has 0 rings (SSSR count). The van der Waals surface area contributed by atoms with Gasteiger partial charge in [-0.25, -0.2) is 8.37 Å². The topological polar surface area (TPSA) is 93.1 Å². The Labute approximate surface area is 71.1 Å². The van der Waals surface area contributed by atoms with Crippen LogP contribution in [0.3, 0.4) is 0 Å². The lowest BCUT2D eigenvalue weighted by molar-refractivity contribution is 0.104. The minimum atomic E-state index is -4.06. The van der Waals surface area contributed by atoms with Crippen LogP contribution in [-0.2, 0) is 18.8 Å². The molecule has 0 radical (unpaired) electrons. The molecule has 0 spiro atoms. The molecule has 0 saturated carbocycles. The highest BCUT2D eigenvalue weighted by atomic mass is 32.3. The van der Waals surface area contributed by atoms with Gasteiger partial charge in [-0.15, -0.1) is 0 Å². The SMILES string of the molecule is CC(O)COS(=O)(=O)OCCO. The summed E-state index contributed by atoms with van der Waals surface area (Å²) in [7, 11) is -4.06. The van der Waals surface area contributed by atoms with E-state index in [4.69, 9.17) is 10.2 Å². The van der Waals surface area contributed by atoms with Crippen LogP contribution in [0, 0.1) is 0 Å². The maximum Gasteiger partial charge on any atom is 0.400 e. The maximum absolute atomic E-state index is 10.6. The van der Waals surface area contributed by atoms with Crippen molar-refractivity contribution in [1.29, 1.82) is 0 Å². The number of aliphatic hydroxyl groups excluding tert-OH is 2. The summed E-state index contributed by atoms with van der Waals surface area (Å²) in [5, 5.41) is 16.9. The summed E-state index contributed by atoms with van der Waals surface area (Å²) in [6.45, 7) is 0.273. The lowest BCUT2D eigenvalue weighted by Gasteiger charge is -2.05. The van der Waals surface area contributed by atoms with Gasteiger partial charge in [0.1, 0.15) is 0 Å². The molecule has 0 aliphatic carbocycles. The van der Waals surface area contributed by atoms with Crippen molar-refractivity contribution in [2.24, 2.45) is 0 Å². The van der Waals surface area contributed by atoms with E-state index in [2.05, 4.69) is 8.37 Å². The van der Waals surface area contributed by atoms with E-state index in [1.165, 1.54) is 6.92 Å². The van der Waals surface area contributed by atoms with Crippen LogP contribution in [0.25, 0.3) is 0 Å². The van der Waals surface area contributed by atoms with Crippen LogP contribution in [0.15, 0.2) is 0 Å². The van der Waals surface area contributed by atoms with E-state index in [9.17, 15) is 8.42 Å². The van der Waals surface area contributed by atoms with E-state index in [1.54, 1.807) is 0 Å². The average molecular weight is 200 g/mol. The van der Waals surface area contributed by atoms with E-state index in [-0.39, 0.29) is 13.2 Å². The predicted molar refractivity (Wildman–Crippen MR) is 39.6 cm³/mol. The van der Waals surface area contributed by atoms with E-state index >= 15 is 0 Å². The maximum atomic E-state index is 10.6. The Morgan fingerprint density at radius 3 is 2.42 bits per heavy atom. The van der Waals surface area contributed by atoms with Crippen molar-refractivity contribution >= 4 is 10.4 Å². The zero-order valence-electron chi connectivity index (χ0n) is 6.63. The molecule has 6 nitrogen and oxygen atoms in total. The Bertz CT molecular complexity index is 196. The van der Waals surface area contributed by atoms with Gasteiger partial charge in [-0.3, -0.25) is 0 Å². The molecule has 0 saturated heterocycles. The minimum Gasteiger partial charge on any atom is -0.394 e. The molecule has 7 heteroatoms. The van der Waals surface area contributed by atoms with Crippen LogP contribution in [0.2, 0.25) is 0 Å². The summed E-state index contributed by atoms with van der Waals surface area (Å²) in [6, 6.07) is 0. The molecule has 0 fully saturated rings. The van der Waals surface area contributed by atoms with Gasteiger partial charge < -0.3 is 10.2 Å². The lowest BCUT2D eigenvalue weighted by atomic mass is 10.5. The van der Waals surface area contributed by atoms with Crippen molar-refractivity contribution in [2.75, 3.05) is 19.8 Å². The van der Waals surface area contributed by atoms with Crippen LogP contribution < -0.4 is 0 Å². The highest BCUT2D eigenvalue weighted by molar-refractivity contribution is 7.81. The third kappa shape index (κ3) is 6.50. The molecule has 0 bridgehead atoms. The molecular formula is C5H12O6S. The van der Waals surface area contributed by atoms with Gasteiger partial charge in [0.2, 0.25) is 0 Å². The first kappa shape index (κ1) is 11.8. The zero-order chi connectivity index (χ0) is 9.61. The third-order valence-electron chi connectivity index (χ3n) is 0.773. The summed E-state index contributed by atoms with van der Waals surface area (Å²) >= 11 is 0. The van der Waals surface area contributed by atoms with Crippen LogP contribution in [-0.4, -0.2) is 44.6 Å². The molecule has 0 aliphatic rings. The molecule has 12 heavy (non-hydrogen) atoms. The highest BCUT2D eigenvalue weighted by Gasteiger charge is 2.12. The quantitative estimate of drug-likeness (QED) is 0.550. The minimum absolute atomic E-state index is 0.345. The Hall–Kier alpha value is -0.210. The van der Waals surface area contributed by atoms with Crippen LogP contribution in [0.4, 0.5) is 0 Å². The molecule has 1 atom stereocenters. The van der Waals surface area contributed by atoms with Gasteiger partial charge in [0.05, 0.1) is 25.9 Å². The fourth-order valence-electron chi connectivity index (χ4n) is 0.355.